The minimum absolute atomic E-state index is 0.167. The molecule has 0 aliphatic carbocycles. The summed E-state index contributed by atoms with van der Waals surface area (Å²) in [6.07, 6.45) is 1.75. The first kappa shape index (κ1) is 10.6. The average Bonchev–Trinajstić information content (AvgIpc) is 2.55. The Morgan fingerprint density at radius 1 is 1.56 bits per heavy atom. The van der Waals surface area contributed by atoms with Crippen LogP contribution in [0.25, 0.3) is 5.65 Å². The molecule has 0 saturated heterocycles. The van der Waals surface area contributed by atoms with Crippen molar-refractivity contribution in [2.45, 2.75) is 13.5 Å². The van der Waals surface area contributed by atoms with E-state index in [4.69, 9.17) is 9.84 Å². The molecule has 5 heteroatoms. The van der Waals surface area contributed by atoms with Crippen LogP contribution in [0.1, 0.15) is 21.7 Å². The van der Waals surface area contributed by atoms with Gasteiger partial charge < -0.3 is 9.84 Å². The number of pyridine rings is 1. The largest absolute Gasteiger partial charge is 0.477 e. The first-order valence-electron chi connectivity index (χ1n) is 4.83. The zero-order valence-electron chi connectivity index (χ0n) is 9.10. The van der Waals surface area contributed by atoms with Crippen LogP contribution in [0.15, 0.2) is 18.3 Å². The number of aryl methyl sites for hydroxylation is 1. The van der Waals surface area contributed by atoms with Gasteiger partial charge in [0.05, 0.1) is 6.61 Å². The van der Waals surface area contributed by atoms with E-state index in [2.05, 4.69) is 4.98 Å². The summed E-state index contributed by atoms with van der Waals surface area (Å²) in [5.41, 5.74) is 2.22. The lowest BCUT2D eigenvalue weighted by atomic mass is 10.3. The summed E-state index contributed by atoms with van der Waals surface area (Å²) in [5.74, 6) is -0.995. The van der Waals surface area contributed by atoms with Crippen LogP contribution in [0, 0.1) is 6.92 Å². The van der Waals surface area contributed by atoms with Crippen LogP contribution in [0.5, 0.6) is 0 Å². The summed E-state index contributed by atoms with van der Waals surface area (Å²) in [7, 11) is 1.51. The number of carbonyl (C=O) groups is 1. The number of nitrogens with zero attached hydrogens (tertiary/aromatic N) is 2. The Hall–Kier alpha value is -1.88. The zero-order chi connectivity index (χ0) is 11.7. The third-order valence-corrected chi connectivity index (χ3v) is 2.32. The number of fused-ring (bicyclic) bond motifs is 1. The number of ether oxygens (including phenoxy) is 1. The Kier molecular flexibility index (Phi) is 2.62. The number of imidazole rings is 1. The summed E-state index contributed by atoms with van der Waals surface area (Å²) in [6, 6.07) is 3.69. The summed E-state index contributed by atoms with van der Waals surface area (Å²) in [4.78, 5) is 15.4. The second-order valence-corrected chi connectivity index (χ2v) is 3.58. The summed E-state index contributed by atoms with van der Waals surface area (Å²) in [6.45, 7) is 2.10. The van der Waals surface area contributed by atoms with E-state index < -0.39 is 5.97 Å². The van der Waals surface area contributed by atoms with Crippen LogP contribution in [-0.4, -0.2) is 27.6 Å². The molecule has 2 heterocycles. The van der Waals surface area contributed by atoms with Gasteiger partial charge in [-0.1, -0.05) is 6.07 Å². The highest BCUT2D eigenvalue weighted by molar-refractivity contribution is 5.88. The smallest absolute Gasteiger partial charge is 0.354 e. The molecule has 2 aromatic heterocycles. The lowest BCUT2D eigenvalue weighted by molar-refractivity contribution is 0.0683. The van der Waals surface area contributed by atoms with Gasteiger partial charge in [0.1, 0.15) is 11.3 Å². The van der Waals surface area contributed by atoms with Gasteiger partial charge in [-0.25, -0.2) is 9.78 Å². The standard InChI is InChI=1S/C11H12N2O3/c1-7-3-4-9-12-8(6-16-2)10(11(14)15)13(9)5-7/h3-5H,6H2,1-2H3,(H,14,15). The zero-order valence-corrected chi connectivity index (χ0v) is 9.10. The Morgan fingerprint density at radius 2 is 2.31 bits per heavy atom. The molecule has 0 aliphatic heterocycles. The number of aromatic nitrogens is 2. The number of hydrogen-bond donors (Lipinski definition) is 1. The minimum atomic E-state index is -0.995. The van der Waals surface area contributed by atoms with Crippen LogP contribution in [-0.2, 0) is 11.3 Å². The van der Waals surface area contributed by atoms with E-state index in [0.717, 1.165) is 5.56 Å². The van der Waals surface area contributed by atoms with Crippen molar-refractivity contribution in [1.29, 1.82) is 0 Å². The van der Waals surface area contributed by atoms with E-state index in [-0.39, 0.29) is 12.3 Å². The van der Waals surface area contributed by atoms with Gasteiger partial charge in [-0.3, -0.25) is 4.40 Å². The van der Waals surface area contributed by atoms with E-state index in [1.807, 2.05) is 13.0 Å². The van der Waals surface area contributed by atoms with Gasteiger partial charge in [0.25, 0.3) is 0 Å². The number of aromatic carboxylic acids is 1. The average molecular weight is 220 g/mol. The third kappa shape index (κ3) is 1.65. The monoisotopic (exact) mass is 220 g/mol. The molecule has 0 aliphatic rings. The second-order valence-electron chi connectivity index (χ2n) is 3.58. The summed E-state index contributed by atoms with van der Waals surface area (Å²) >= 11 is 0. The van der Waals surface area contributed by atoms with Crippen LogP contribution in [0.2, 0.25) is 0 Å². The molecule has 0 aromatic carbocycles. The fraction of sp³-hybridized carbons (Fsp3) is 0.273. The molecule has 0 saturated carbocycles. The van der Waals surface area contributed by atoms with Gasteiger partial charge in [0.2, 0.25) is 0 Å². The quantitative estimate of drug-likeness (QED) is 0.851. The van der Waals surface area contributed by atoms with Gasteiger partial charge in [0, 0.05) is 13.3 Å². The number of hydrogen-bond acceptors (Lipinski definition) is 3. The fourth-order valence-corrected chi connectivity index (χ4v) is 1.66. The molecule has 0 amide bonds. The predicted octanol–water partition coefficient (Wildman–Crippen LogP) is 1.49. The van der Waals surface area contributed by atoms with E-state index in [9.17, 15) is 4.79 Å². The van der Waals surface area contributed by atoms with E-state index in [1.165, 1.54) is 7.11 Å². The Balaban J connectivity index is 2.72. The molecule has 1 N–H and O–H groups in total. The first-order valence-corrected chi connectivity index (χ1v) is 4.83. The van der Waals surface area contributed by atoms with Gasteiger partial charge in [-0.15, -0.1) is 0 Å². The molecular weight excluding hydrogens is 208 g/mol. The van der Waals surface area contributed by atoms with Crippen molar-refractivity contribution in [1.82, 2.24) is 9.38 Å². The van der Waals surface area contributed by atoms with Gasteiger partial charge >= 0.3 is 5.97 Å². The third-order valence-electron chi connectivity index (χ3n) is 2.32. The molecule has 0 atom stereocenters. The van der Waals surface area contributed by atoms with Gasteiger partial charge in [-0.05, 0) is 18.6 Å². The molecule has 2 rings (SSSR count). The maximum atomic E-state index is 11.2. The topological polar surface area (TPSA) is 63.8 Å². The number of methoxy groups -OCH3 is 1. The minimum Gasteiger partial charge on any atom is -0.477 e. The Labute approximate surface area is 92.3 Å². The SMILES string of the molecule is COCc1nc2ccc(C)cn2c1C(=O)O. The molecule has 84 valence electrons. The summed E-state index contributed by atoms with van der Waals surface area (Å²) in [5, 5.41) is 9.15. The highest BCUT2D eigenvalue weighted by Gasteiger charge is 2.17. The molecule has 0 spiro atoms. The van der Waals surface area contributed by atoms with Crippen molar-refractivity contribution >= 4 is 11.6 Å². The van der Waals surface area contributed by atoms with Crippen molar-refractivity contribution in [3.63, 3.8) is 0 Å². The normalized spacial score (nSPS) is 10.9. The van der Waals surface area contributed by atoms with Crippen LogP contribution >= 0.6 is 0 Å². The van der Waals surface area contributed by atoms with Crippen molar-refractivity contribution < 1.29 is 14.6 Å². The fourth-order valence-electron chi connectivity index (χ4n) is 1.66. The molecule has 2 aromatic rings. The molecular formula is C11H12N2O3. The lowest BCUT2D eigenvalue weighted by Gasteiger charge is -1.99. The Morgan fingerprint density at radius 3 is 2.94 bits per heavy atom. The molecule has 0 radical (unpaired) electrons. The lowest BCUT2D eigenvalue weighted by Crippen LogP contribution is -2.06. The van der Waals surface area contributed by atoms with Crippen molar-refractivity contribution in [2.24, 2.45) is 0 Å². The van der Waals surface area contributed by atoms with Crippen LogP contribution in [0.3, 0.4) is 0 Å². The summed E-state index contributed by atoms with van der Waals surface area (Å²) < 4.78 is 6.51. The van der Waals surface area contributed by atoms with Crippen LogP contribution < -0.4 is 0 Å². The van der Waals surface area contributed by atoms with E-state index in [0.29, 0.717) is 11.3 Å². The van der Waals surface area contributed by atoms with E-state index >= 15 is 0 Å². The first-order chi connectivity index (χ1) is 7.63. The van der Waals surface area contributed by atoms with Gasteiger partial charge in [0.15, 0.2) is 5.69 Å². The van der Waals surface area contributed by atoms with Crippen LogP contribution in [0.4, 0.5) is 0 Å². The molecule has 0 unspecified atom stereocenters. The number of carboxylic acid groups (broad SMARTS) is 1. The highest BCUT2D eigenvalue weighted by Crippen LogP contribution is 2.14. The maximum Gasteiger partial charge on any atom is 0.354 e. The Bertz CT molecular complexity index is 545. The molecule has 5 nitrogen and oxygen atoms in total. The maximum absolute atomic E-state index is 11.2. The molecule has 16 heavy (non-hydrogen) atoms. The van der Waals surface area contributed by atoms with E-state index in [1.54, 1.807) is 16.7 Å². The predicted molar refractivity (Wildman–Crippen MR) is 57.6 cm³/mol. The van der Waals surface area contributed by atoms with Crippen molar-refractivity contribution in [2.75, 3.05) is 7.11 Å². The van der Waals surface area contributed by atoms with Crippen molar-refractivity contribution in [3.8, 4) is 0 Å². The number of carboxylic acids is 1. The molecule has 0 bridgehead atoms. The highest BCUT2D eigenvalue weighted by atomic mass is 16.5. The second kappa shape index (κ2) is 3.94. The van der Waals surface area contributed by atoms with Gasteiger partial charge in [-0.2, -0.15) is 0 Å². The number of rotatable bonds is 3. The molecule has 0 fully saturated rings. The van der Waals surface area contributed by atoms with Crippen molar-refractivity contribution in [3.05, 3.63) is 35.3 Å².